The van der Waals surface area contributed by atoms with Gasteiger partial charge in [0.2, 0.25) is 0 Å². The van der Waals surface area contributed by atoms with Crippen molar-refractivity contribution in [1.82, 2.24) is 0 Å². The monoisotopic (exact) mass is 189 g/mol. The lowest BCUT2D eigenvalue weighted by molar-refractivity contribution is 0.475. The van der Waals surface area contributed by atoms with Gasteiger partial charge in [-0.15, -0.1) is 0 Å². The molecule has 0 atom stereocenters. The molecular formula is C8H7N5O. The Morgan fingerprint density at radius 1 is 1.07 bits per heavy atom. The quantitative estimate of drug-likeness (QED) is 0.758. The van der Waals surface area contributed by atoms with E-state index in [1.165, 1.54) is 0 Å². The Kier molecular flexibility index (Phi) is 2.26. The fraction of sp³-hybridized carbons (Fsp3) is 0.125. The molecule has 0 spiro atoms. The summed E-state index contributed by atoms with van der Waals surface area (Å²) < 4.78 is 0. The Morgan fingerprint density at radius 3 is 2.36 bits per heavy atom. The van der Waals surface area contributed by atoms with Crippen LogP contribution in [0.5, 0.6) is 5.75 Å². The summed E-state index contributed by atoms with van der Waals surface area (Å²) in [5.41, 5.74) is 0.965. The SMILES string of the molecule is Oc1ccc(CN=C2N=NN=N2)cc1. The predicted octanol–water partition coefficient (Wildman–Crippen LogP) is 2.08. The number of benzene rings is 1. The molecule has 0 aromatic heterocycles. The number of aliphatic imine (C=N–C) groups is 1. The Hall–Kier alpha value is -2.11. The zero-order valence-electron chi connectivity index (χ0n) is 7.20. The molecule has 1 aliphatic rings. The lowest BCUT2D eigenvalue weighted by Gasteiger charge is -1.95. The van der Waals surface area contributed by atoms with Crippen molar-refractivity contribution in [3.8, 4) is 5.75 Å². The standard InChI is InChI=1S/C8H7N5O/c14-7-3-1-6(2-4-7)5-9-8-10-12-13-11-8/h1-4,14H,5H2. The van der Waals surface area contributed by atoms with Gasteiger partial charge in [0.25, 0.3) is 5.96 Å². The molecule has 0 saturated heterocycles. The van der Waals surface area contributed by atoms with Crippen LogP contribution in [0.25, 0.3) is 0 Å². The average molecular weight is 189 g/mol. The van der Waals surface area contributed by atoms with Crippen LogP contribution in [0.3, 0.4) is 0 Å². The molecule has 1 aliphatic heterocycles. The fourth-order valence-electron chi connectivity index (χ4n) is 0.967. The topological polar surface area (TPSA) is 82.0 Å². The molecule has 1 aromatic carbocycles. The zero-order valence-corrected chi connectivity index (χ0v) is 7.20. The summed E-state index contributed by atoms with van der Waals surface area (Å²) in [6, 6.07) is 6.77. The molecular weight excluding hydrogens is 182 g/mol. The highest BCUT2D eigenvalue weighted by Crippen LogP contribution is 2.10. The van der Waals surface area contributed by atoms with Crippen LogP contribution in [-0.4, -0.2) is 11.1 Å². The molecule has 1 heterocycles. The molecule has 1 aromatic rings. The van der Waals surface area contributed by atoms with Crippen LogP contribution in [0.15, 0.2) is 49.9 Å². The summed E-state index contributed by atoms with van der Waals surface area (Å²) in [7, 11) is 0. The minimum atomic E-state index is 0.238. The molecule has 2 rings (SSSR count). The molecule has 0 amide bonds. The van der Waals surface area contributed by atoms with Gasteiger partial charge in [-0.3, -0.25) is 0 Å². The molecule has 0 aliphatic carbocycles. The summed E-state index contributed by atoms with van der Waals surface area (Å²) >= 11 is 0. The molecule has 0 bridgehead atoms. The molecule has 1 N–H and O–H groups in total. The minimum absolute atomic E-state index is 0.238. The Morgan fingerprint density at radius 2 is 1.71 bits per heavy atom. The van der Waals surface area contributed by atoms with Crippen molar-refractivity contribution in [3.63, 3.8) is 0 Å². The average Bonchev–Trinajstić information content (AvgIpc) is 2.70. The lowest BCUT2D eigenvalue weighted by Crippen LogP contribution is -1.86. The highest BCUT2D eigenvalue weighted by Gasteiger charge is 1.99. The van der Waals surface area contributed by atoms with E-state index >= 15 is 0 Å². The van der Waals surface area contributed by atoms with E-state index < -0.39 is 0 Å². The van der Waals surface area contributed by atoms with Gasteiger partial charge in [0.1, 0.15) is 5.75 Å². The van der Waals surface area contributed by atoms with E-state index in [-0.39, 0.29) is 11.7 Å². The third-order valence-electron chi connectivity index (χ3n) is 1.65. The largest absolute Gasteiger partial charge is 0.508 e. The molecule has 70 valence electrons. The molecule has 6 heteroatoms. The van der Waals surface area contributed by atoms with Gasteiger partial charge >= 0.3 is 0 Å². The second kappa shape index (κ2) is 3.73. The smallest absolute Gasteiger partial charge is 0.287 e. The summed E-state index contributed by atoms with van der Waals surface area (Å²) in [4.78, 5) is 4.04. The van der Waals surface area contributed by atoms with Gasteiger partial charge in [0, 0.05) is 0 Å². The second-order valence-electron chi connectivity index (χ2n) is 2.66. The predicted molar refractivity (Wildman–Crippen MR) is 49.0 cm³/mol. The van der Waals surface area contributed by atoms with E-state index in [2.05, 4.69) is 25.7 Å². The van der Waals surface area contributed by atoms with Gasteiger partial charge in [0.05, 0.1) is 6.54 Å². The second-order valence-corrected chi connectivity index (χ2v) is 2.66. The van der Waals surface area contributed by atoms with Crippen LogP contribution >= 0.6 is 0 Å². The summed E-state index contributed by atoms with van der Waals surface area (Å²) in [6.45, 7) is 0.452. The number of aromatic hydroxyl groups is 1. The van der Waals surface area contributed by atoms with E-state index in [1.54, 1.807) is 24.3 Å². The Balaban J connectivity index is 2.04. The first-order valence-electron chi connectivity index (χ1n) is 3.99. The maximum atomic E-state index is 9.03. The number of phenolic OH excluding ortho intramolecular Hbond substituents is 1. The number of phenols is 1. The highest BCUT2D eigenvalue weighted by atomic mass is 16.3. The van der Waals surface area contributed by atoms with Gasteiger partial charge in [-0.05, 0) is 28.1 Å². The van der Waals surface area contributed by atoms with Crippen molar-refractivity contribution >= 4 is 5.96 Å². The van der Waals surface area contributed by atoms with E-state index in [9.17, 15) is 0 Å². The van der Waals surface area contributed by atoms with E-state index in [1.807, 2.05) is 0 Å². The number of rotatable bonds is 2. The highest BCUT2D eigenvalue weighted by molar-refractivity contribution is 5.81. The van der Waals surface area contributed by atoms with Crippen molar-refractivity contribution in [2.45, 2.75) is 6.54 Å². The lowest BCUT2D eigenvalue weighted by atomic mass is 10.2. The molecule has 14 heavy (non-hydrogen) atoms. The molecule has 0 unspecified atom stereocenters. The van der Waals surface area contributed by atoms with Crippen molar-refractivity contribution in [1.29, 1.82) is 0 Å². The van der Waals surface area contributed by atoms with Gasteiger partial charge in [-0.2, -0.15) is 0 Å². The molecule has 0 radical (unpaired) electrons. The molecule has 0 saturated carbocycles. The third-order valence-corrected chi connectivity index (χ3v) is 1.65. The van der Waals surface area contributed by atoms with Crippen LogP contribution < -0.4 is 0 Å². The van der Waals surface area contributed by atoms with Crippen molar-refractivity contribution in [3.05, 3.63) is 29.8 Å². The van der Waals surface area contributed by atoms with E-state index in [4.69, 9.17) is 5.11 Å². The maximum Gasteiger partial charge on any atom is 0.287 e. The summed E-state index contributed by atoms with van der Waals surface area (Å²) in [6.07, 6.45) is 0. The number of hydrogen-bond acceptors (Lipinski definition) is 4. The zero-order chi connectivity index (χ0) is 9.80. The summed E-state index contributed by atoms with van der Waals surface area (Å²) in [5, 5.41) is 22.8. The van der Waals surface area contributed by atoms with Gasteiger partial charge < -0.3 is 5.11 Å². The van der Waals surface area contributed by atoms with Crippen LogP contribution in [0.4, 0.5) is 0 Å². The van der Waals surface area contributed by atoms with Crippen LogP contribution in [0.2, 0.25) is 0 Å². The van der Waals surface area contributed by atoms with Gasteiger partial charge in [0.15, 0.2) is 0 Å². The number of guanidine groups is 1. The number of hydrogen-bond donors (Lipinski definition) is 1. The normalized spacial score (nSPS) is 13.6. The van der Waals surface area contributed by atoms with Crippen molar-refractivity contribution < 1.29 is 5.11 Å². The maximum absolute atomic E-state index is 9.03. The fourth-order valence-corrected chi connectivity index (χ4v) is 0.967. The van der Waals surface area contributed by atoms with Gasteiger partial charge in [-0.25, -0.2) is 4.99 Å². The Bertz CT molecular complexity index is 392. The number of nitrogens with zero attached hydrogens (tertiary/aromatic N) is 5. The van der Waals surface area contributed by atoms with Gasteiger partial charge in [-0.1, -0.05) is 22.4 Å². The van der Waals surface area contributed by atoms with Crippen molar-refractivity contribution in [2.75, 3.05) is 0 Å². The third kappa shape index (κ3) is 1.98. The first-order valence-corrected chi connectivity index (χ1v) is 3.99. The molecule has 0 fully saturated rings. The van der Waals surface area contributed by atoms with Crippen molar-refractivity contribution in [2.24, 2.45) is 25.7 Å². The summed E-state index contributed by atoms with van der Waals surface area (Å²) in [5.74, 6) is 0.514. The van der Waals surface area contributed by atoms with Crippen LogP contribution in [-0.2, 0) is 6.54 Å². The van der Waals surface area contributed by atoms with Crippen LogP contribution in [0.1, 0.15) is 5.56 Å². The molecule has 6 nitrogen and oxygen atoms in total. The first-order chi connectivity index (χ1) is 6.84. The minimum Gasteiger partial charge on any atom is -0.508 e. The van der Waals surface area contributed by atoms with E-state index in [0.29, 0.717) is 6.54 Å². The first kappa shape index (κ1) is 8.49. The Labute approximate surface area is 79.7 Å². The van der Waals surface area contributed by atoms with E-state index in [0.717, 1.165) is 5.56 Å². The van der Waals surface area contributed by atoms with Crippen LogP contribution in [0, 0.1) is 0 Å².